The average Bonchev–Trinajstić information content (AvgIpc) is 1.85. The Morgan fingerprint density at radius 2 is 1.88 bits per heavy atom. The normalized spacial score (nSPS) is 17.6. The number of rotatable bonds is 4. The second kappa shape index (κ2) is 5.49. The van der Waals surface area contributed by atoms with Gasteiger partial charge in [0, 0.05) is 10.7 Å². The molecule has 0 aromatic heterocycles. The van der Waals surface area contributed by atoms with E-state index in [0.29, 0.717) is 13.2 Å². The monoisotopic (exact) mass is 139 g/mol. The lowest BCUT2D eigenvalue weighted by atomic mass is 10.9. The van der Waals surface area contributed by atoms with Crippen LogP contribution < -0.4 is 0 Å². The van der Waals surface area contributed by atoms with E-state index in [2.05, 4.69) is 0 Å². The minimum Gasteiger partial charge on any atom is -0.335 e. The minimum atomic E-state index is -2.11. The van der Waals surface area contributed by atoms with Crippen molar-refractivity contribution in [2.24, 2.45) is 0 Å². The van der Waals surface area contributed by atoms with E-state index in [1.165, 1.54) is 0 Å². The Balaban J connectivity index is 3.88. The van der Waals surface area contributed by atoms with Gasteiger partial charge in [0.05, 0.1) is 13.2 Å². The van der Waals surface area contributed by atoms with Crippen molar-refractivity contribution < 1.29 is 13.2 Å². The molecule has 8 heavy (non-hydrogen) atoms. The second-order valence-corrected chi connectivity index (χ2v) is 2.12. The first-order valence-electron chi connectivity index (χ1n) is 4.08. The molecule has 0 fully saturated rings. The molecule has 0 aliphatic carbocycles. The van der Waals surface area contributed by atoms with E-state index in [1.54, 1.807) is 13.8 Å². The van der Waals surface area contributed by atoms with Crippen molar-refractivity contribution in [3.63, 3.8) is 0 Å². The molecule has 0 aliphatic rings. The van der Waals surface area contributed by atoms with Gasteiger partial charge >= 0.3 is 0 Å². The van der Waals surface area contributed by atoms with Gasteiger partial charge in [-0.25, -0.2) is 0 Å². The lowest BCUT2D eigenvalue weighted by Gasteiger charge is -2.08. The molecule has 0 saturated heterocycles. The van der Waals surface area contributed by atoms with Crippen molar-refractivity contribution >= 4 is 8.38 Å². The summed E-state index contributed by atoms with van der Waals surface area (Å²) < 4.78 is 30.9. The maximum Gasteiger partial charge on any atom is 0.167 e. The predicted octanol–water partition coefficient (Wildman–Crippen LogP) is 2.00. The van der Waals surface area contributed by atoms with Crippen LogP contribution in [0.5, 0.6) is 0 Å². The standard InChI is InChI=1S/C5H13O2P/c1-4-6-8(3)7-5-2/h4-5H2,1-3H3/i3D3. The summed E-state index contributed by atoms with van der Waals surface area (Å²) in [7, 11) is -1.70. The predicted molar refractivity (Wildman–Crippen MR) is 36.1 cm³/mol. The van der Waals surface area contributed by atoms with E-state index < -0.39 is 15.0 Å². The summed E-state index contributed by atoms with van der Waals surface area (Å²) in [5.41, 5.74) is 0. The van der Waals surface area contributed by atoms with Gasteiger partial charge in [0.15, 0.2) is 8.38 Å². The SMILES string of the molecule is [2H]C([2H])([2H])P(OCC)OCC. The van der Waals surface area contributed by atoms with E-state index in [-0.39, 0.29) is 0 Å². The van der Waals surface area contributed by atoms with Crippen LogP contribution in [0.4, 0.5) is 0 Å². The number of hydrogen-bond donors (Lipinski definition) is 0. The average molecular weight is 139 g/mol. The van der Waals surface area contributed by atoms with E-state index in [4.69, 9.17) is 13.2 Å². The molecule has 0 atom stereocenters. The molecule has 0 bridgehead atoms. The Kier molecular flexibility index (Phi) is 2.89. The highest BCUT2D eigenvalue weighted by Crippen LogP contribution is 2.32. The molecule has 0 heterocycles. The minimum absolute atomic E-state index is 0.379. The summed E-state index contributed by atoms with van der Waals surface area (Å²) in [4.78, 5) is 0. The Morgan fingerprint density at radius 3 is 2.12 bits per heavy atom. The molecule has 0 aliphatic heterocycles. The van der Waals surface area contributed by atoms with Gasteiger partial charge in [-0.05, 0) is 13.8 Å². The first-order chi connectivity index (χ1) is 5.02. The summed E-state index contributed by atoms with van der Waals surface area (Å²) in [5.74, 6) is 0. The van der Waals surface area contributed by atoms with Crippen molar-refractivity contribution in [2.75, 3.05) is 19.8 Å². The van der Waals surface area contributed by atoms with Gasteiger partial charge in [-0.1, -0.05) is 0 Å². The molecule has 0 radical (unpaired) electrons. The van der Waals surface area contributed by atoms with Crippen LogP contribution in [0, 0.1) is 0 Å². The summed E-state index contributed by atoms with van der Waals surface area (Å²) in [5, 5.41) is 0. The molecule has 0 aromatic rings. The van der Waals surface area contributed by atoms with Crippen LogP contribution in [-0.2, 0) is 9.05 Å². The molecule has 0 spiro atoms. The van der Waals surface area contributed by atoms with Crippen molar-refractivity contribution in [1.82, 2.24) is 0 Å². The molecule has 0 N–H and O–H groups in total. The summed E-state index contributed by atoms with van der Waals surface area (Å²) >= 11 is 0. The lowest BCUT2D eigenvalue weighted by Crippen LogP contribution is -1.87. The zero-order valence-corrected chi connectivity index (χ0v) is 6.07. The molecule has 0 rings (SSSR count). The fourth-order valence-corrected chi connectivity index (χ4v) is 0.815. The largest absolute Gasteiger partial charge is 0.335 e. The second-order valence-electron chi connectivity index (χ2n) is 1.09. The van der Waals surface area contributed by atoms with E-state index in [1.807, 2.05) is 0 Å². The molecule has 0 unspecified atom stereocenters. The fourth-order valence-electron chi connectivity index (χ4n) is 0.272. The molecule has 50 valence electrons. The Morgan fingerprint density at radius 1 is 1.38 bits per heavy atom. The van der Waals surface area contributed by atoms with Gasteiger partial charge in [0.1, 0.15) is 0 Å². The van der Waals surface area contributed by atoms with Crippen LogP contribution in [-0.4, -0.2) is 19.8 Å². The smallest absolute Gasteiger partial charge is 0.167 e. The van der Waals surface area contributed by atoms with Crippen LogP contribution in [0.25, 0.3) is 0 Å². The molecular weight excluding hydrogens is 123 g/mol. The maximum absolute atomic E-state index is 7.01. The maximum atomic E-state index is 7.01. The lowest BCUT2D eigenvalue weighted by molar-refractivity contribution is 0.274. The molecule has 0 amide bonds. The van der Waals surface area contributed by atoms with Gasteiger partial charge in [0.2, 0.25) is 0 Å². The van der Waals surface area contributed by atoms with E-state index >= 15 is 0 Å². The van der Waals surface area contributed by atoms with Crippen molar-refractivity contribution in [1.29, 1.82) is 0 Å². The van der Waals surface area contributed by atoms with Crippen LogP contribution in [0.2, 0.25) is 0 Å². The molecule has 0 aromatic carbocycles. The quantitative estimate of drug-likeness (QED) is 0.554. The topological polar surface area (TPSA) is 18.5 Å². The van der Waals surface area contributed by atoms with Crippen LogP contribution in [0.15, 0.2) is 0 Å². The summed E-state index contributed by atoms with van der Waals surface area (Å²) in [6, 6.07) is 0. The fraction of sp³-hybridized carbons (Fsp3) is 1.00. The third-order valence-corrected chi connectivity index (χ3v) is 1.48. The van der Waals surface area contributed by atoms with Crippen LogP contribution >= 0.6 is 8.38 Å². The zero-order chi connectivity index (χ0) is 8.91. The van der Waals surface area contributed by atoms with Gasteiger partial charge < -0.3 is 9.05 Å². The summed E-state index contributed by atoms with van der Waals surface area (Å²) in [6.07, 6.45) is 0. The third-order valence-electron chi connectivity index (χ3n) is 0.493. The Labute approximate surface area is 56.3 Å². The molecule has 3 heteroatoms. The van der Waals surface area contributed by atoms with Gasteiger partial charge in [0.25, 0.3) is 0 Å². The Hall–Kier alpha value is 0.350. The van der Waals surface area contributed by atoms with E-state index in [9.17, 15) is 0 Å². The van der Waals surface area contributed by atoms with Crippen LogP contribution in [0.1, 0.15) is 18.0 Å². The molecule has 0 saturated carbocycles. The highest BCUT2D eigenvalue weighted by molar-refractivity contribution is 7.46. The van der Waals surface area contributed by atoms with Gasteiger partial charge in [-0.15, -0.1) is 0 Å². The van der Waals surface area contributed by atoms with Gasteiger partial charge in [-0.3, -0.25) is 0 Å². The Bertz CT molecular complexity index is 100. The van der Waals surface area contributed by atoms with Crippen LogP contribution in [0.3, 0.4) is 0 Å². The molecular formula is C5H13O2P. The highest BCUT2D eigenvalue weighted by atomic mass is 31.2. The number of hydrogen-bond acceptors (Lipinski definition) is 2. The third kappa shape index (κ3) is 4.51. The van der Waals surface area contributed by atoms with E-state index in [0.717, 1.165) is 0 Å². The first-order valence-corrected chi connectivity index (χ1v) is 3.76. The highest BCUT2D eigenvalue weighted by Gasteiger charge is 1.96. The van der Waals surface area contributed by atoms with Crippen molar-refractivity contribution in [3.8, 4) is 0 Å². The molecule has 2 nitrogen and oxygen atoms in total. The first kappa shape index (κ1) is 4.21. The zero-order valence-electron chi connectivity index (χ0n) is 8.18. The van der Waals surface area contributed by atoms with Gasteiger partial charge in [-0.2, -0.15) is 0 Å². The van der Waals surface area contributed by atoms with Crippen molar-refractivity contribution in [3.05, 3.63) is 0 Å². The van der Waals surface area contributed by atoms with Crippen molar-refractivity contribution in [2.45, 2.75) is 13.8 Å². The summed E-state index contributed by atoms with van der Waals surface area (Å²) in [6.45, 7) is 2.15.